The van der Waals surface area contributed by atoms with E-state index in [0.29, 0.717) is 33.6 Å². The molecule has 31 heavy (non-hydrogen) atoms. The molecule has 3 rings (SSSR count). The first-order chi connectivity index (χ1) is 14.8. The van der Waals surface area contributed by atoms with Crippen LogP contribution in [0.2, 0.25) is 5.02 Å². The molecule has 0 saturated heterocycles. The van der Waals surface area contributed by atoms with Gasteiger partial charge in [-0.1, -0.05) is 29.8 Å². The second kappa shape index (κ2) is 9.72. The standard InChI is InChI=1S/C22H21ClN2O5S/c1-29-21-13-8-16(14-20(21)23)24-22(26)15-25(31(2,27)28)17-9-11-19(12-10-17)30-18-6-4-3-5-7-18/h3-14H,15H2,1-2H3,(H,24,26). The second-order valence-corrected chi connectivity index (χ2v) is 8.89. The Kier molecular flexibility index (Phi) is 7.04. The molecule has 3 aromatic rings. The molecule has 0 aliphatic heterocycles. The van der Waals surface area contributed by atoms with Crippen LogP contribution < -0.4 is 19.1 Å². The Morgan fingerprint density at radius 2 is 1.65 bits per heavy atom. The zero-order chi connectivity index (χ0) is 22.4. The number of benzene rings is 3. The number of ether oxygens (including phenoxy) is 2. The maximum atomic E-state index is 12.5. The number of nitrogens with zero attached hydrogens (tertiary/aromatic N) is 1. The van der Waals surface area contributed by atoms with Crippen molar-refractivity contribution in [3.05, 3.63) is 77.8 Å². The highest BCUT2D eigenvalue weighted by molar-refractivity contribution is 7.92. The Morgan fingerprint density at radius 1 is 1.00 bits per heavy atom. The number of nitrogens with one attached hydrogen (secondary N) is 1. The second-order valence-electron chi connectivity index (χ2n) is 6.58. The van der Waals surface area contributed by atoms with E-state index in [4.69, 9.17) is 21.1 Å². The molecule has 0 aliphatic carbocycles. The van der Waals surface area contributed by atoms with Gasteiger partial charge in [-0.3, -0.25) is 9.10 Å². The highest BCUT2D eigenvalue weighted by Gasteiger charge is 2.21. The number of methoxy groups -OCH3 is 1. The maximum absolute atomic E-state index is 12.5. The number of hydrogen-bond donors (Lipinski definition) is 1. The third-order valence-corrected chi connectivity index (χ3v) is 5.66. The first-order valence-electron chi connectivity index (χ1n) is 9.20. The van der Waals surface area contributed by atoms with Gasteiger partial charge in [-0.15, -0.1) is 0 Å². The third-order valence-electron chi connectivity index (χ3n) is 4.23. The summed E-state index contributed by atoms with van der Waals surface area (Å²) >= 11 is 6.07. The number of halogens is 1. The molecule has 0 radical (unpaired) electrons. The van der Waals surface area contributed by atoms with Crippen molar-refractivity contribution in [3.63, 3.8) is 0 Å². The highest BCUT2D eigenvalue weighted by atomic mass is 35.5. The van der Waals surface area contributed by atoms with E-state index in [1.165, 1.54) is 13.2 Å². The number of carbonyl (C=O) groups excluding carboxylic acids is 1. The van der Waals surface area contributed by atoms with Crippen LogP contribution in [0, 0.1) is 0 Å². The predicted molar refractivity (Wildman–Crippen MR) is 122 cm³/mol. The number of hydrogen-bond acceptors (Lipinski definition) is 5. The van der Waals surface area contributed by atoms with Gasteiger partial charge in [0.1, 0.15) is 23.8 Å². The van der Waals surface area contributed by atoms with E-state index < -0.39 is 22.5 Å². The Balaban J connectivity index is 1.73. The van der Waals surface area contributed by atoms with Crippen LogP contribution >= 0.6 is 11.6 Å². The van der Waals surface area contributed by atoms with Gasteiger partial charge in [0.2, 0.25) is 15.9 Å². The van der Waals surface area contributed by atoms with Gasteiger partial charge in [-0.25, -0.2) is 8.42 Å². The maximum Gasteiger partial charge on any atom is 0.245 e. The molecule has 0 aromatic heterocycles. The van der Waals surface area contributed by atoms with E-state index in [-0.39, 0.29) is 0 Å². The van der Waals surface area contributed by atoms with Crippen LogP contribution in [-0.4, -0.2) is 34.2 Å². The Labute approximate surface area is 186 Å². The van der Waals surface area contributed by atoms with E-state index in [1.807, 2.05) is 30.3 Å². The van der Waals surface area contributed by atoms with Crippen molar-refractivity contribution in [2.75, 3.05) is 29.5 Å². The van der Waals surface area contributed by atoms with Crippen LogP contribution in [-0.2, 0) is 14.8 Å². The van der Waals surface area contributed by atoms with Gasteiger partial charge in [0.05, 0.1) is 24.1 Å². The van der Waals surface area contributed by atoms with Crippen molar-refractivity contribution < 1.29 is 22.7 Å². The summed E-state index contributed by atoms with van der Waals surface area (Å²) in [6.45, 7) is -0.401. The number of rotatable bonds is 8. The predicted octanol–water partition coefficient (Wildman–Crippen LogP) is 4.55. The summed E-state index contributed by atoms with van der Waals surface area (Å²) in [5, 5.41) is 2.97. The largest absolute Gasteiger partial charge is 0.495 e. The number of carbonyl (C=O) groups is 1. The van der Waals surface area contributed by atoms with Crippen molar-refractivity contribution in [1.82, 2.24) is 0 Å². The number of anilines is 2. The van der Waals surface area contributed by atoms with Gasteiger partial charge in [0.25, 0.3) is 0 Å². The van der Waals surface area contributed by atoms with Crippen molar-refractivity contribution in [2.45, 2.75) is 0 Å². The van der Waals surface area contributed by atoms with Gasteiger partial charge in [0.15, 0.2) is 0 Å². The molecule has 0 atom stereocenters. The van der Waals surface area contributed by atoms with E-state index in [9.17, 15) is 13.2 Å². The lowest BCUT2D eigenvalue weighted by Gasteiger charge is -2.22. The summed E-state index contributed by atoms with van der Waals surface area (Å²) in [6, 6.07) is 20.4. The van der Waals surface area contributed by atoms with Crippen molar-refractivity contribution in [2.24, 2.45) is 0 Å². The molecule has 162 valence electrons. The third kappa shape index (κ3) is 6.13. The molecule has 0 heterocycles. The molecule has 1 amide bonds. The quantitative estimate of drug-likeness (QED) is 0.533. The lowest BCUT2D eigenvalue weighted by molar-refractivity contribution is -0.114. The normalized spacial score (nSPS) is 10.9. The lowest BCUT2D eigenvalue weighted by Crippen LogP contribution is -2.37. The fourth-order valence-electron chi connectivity index (χ4n) is 2.78. The molecule has 9 heteroatoms. The minimum absolute atomic E-state index is 0.328. The van der Waals surface area contributed by atoms with Crippen LogP contribution in [0.1, 0.15) is 0 Å². The van der Waals surface area contributed by atoms with E-state index in [2.05, 4.69) is 5.32 Å². The lowest BCUT2D eigenvalue weighted by atomic mass is 10.3. The van der Waals surface area contributed by atoms with Crippen LogP contribution in [0.3, 0.4) is 0 Å². The van der Waals surface area contributed by atoms with Crippen molar-refractivity contribution in [1.29, 1.82) is 0 Å². The Bertz CT molecular complexity index is 1150. The van der Waals surface area contributed by atoms with E-state index in [0.717, 1.165) is 10.6 Å². The van der Waals surface area contributed by atoms with Gasteiger partial charge >= 0.3 is 0 Å². The smallest absolute Gasteiger partial charge is 0.245 e. The van der Waals surface area contributed by atoms with Gasteiger partial charge in [-0.05, 0) is 54.6 Å². The summed E-state index contributed by atoms with van der Waals surface area (Å²) in [7, 11) is -2.22. The first kappa shape index (κ1) is 22.5. The molecular weight excluding hydrogens is 440 g/mol. The van der Waals surface area contributed by atoms with Crippen LogP contribution in [0.15, 0.2) is 72.8 Å². The average Bonchev–Trinajstić information content (AvgIpc) is 2.73. The summed E-state index contributed by atoms with van der Waals surface area (Å²) < 4.78 is 36.4. The van der Waals surface area contributed by atoms with Gasteiger partial charge < -0.3 is 14.8 Å². The topological polar surface area (TPSA) is 84.9 Å². The highest BCUT2D eigenvalue weighted by Crippen LogP contribution is 2.28. The summed E-state index contributed by atoms with van der Waals surface area (Å²) in [6.07, 6.45) is 1.04. The van der Waals surface area contributed by atoms with E-state index >= 15 is 0 Å². The fourth-order valence-corrected chi connectivity index (χ4v) is 3.89. The molecule has 0 unspecified atom stereocenters. The summed E-state index contributed by atoms with van der Waals surface area (Å²) in [4.78, 5) is 12.5. The van der Waals surface area contributed by atoms with Crippen LogP contribution in [0.25, 0.3) is 0 Å². The van der Waals surface area contributed by atoms with Crippen LogP contribution in [0.4, 0.5) is 11.4 Å². The average molecular weight is 461 g/mol. The van der Waals surface area contributed by atoms with Crippen LogP contribution in [0.5, 0.6) is 17.2 Å². The Morgan fingerprint density at radius 3 is 2.23 bits per heavy atom. The zero-order valence-corrected chi connectivity index (χ0v) is 18.5. The Hall–Kier alpha value is -3.23. The molecule has 0 fully saturated rings. The summed E-state index contributed by atoms with van der Waals surface area (Å²) in [5.41, 5.74) is 0.765. The SMILES string of the molecule is COc1ccc(NC(=O)CN(c2ccc(Oc3ccccc3)cc2)S(C)(=O)=O)cc1Cl. The zero-order valence-electron chi connectivity index (χ0n) is 16.9. The van der Waals surface area contributed by atoms with Crippen molar-refractivity contribution >= 4 is 38.9 Å². The molecule has 1 N–H and O–H groups in total. The molecule has 3 aromatic carbocycles. The molecule has 0 spiro atoms. The van der Waals surface area contributed by atoms with Gasteiger partial charge in [-0.2, -0.15) is 0 Å². The molecule has 0 aliphatic rings. The number of amides is 1. The molecule has 0 saturated carbocycles. The molecule has 0 bridgehead atoms. The number of para-hydroxylation sites is 1. The van der Waals surface area contributed by atoms with E-state index in [1.54, 1.807) is 36.4 Å². The minimum atomic E-state index is -3.71. The first-order valence-corrected chi connectivity index (χ1v) is 11.4. The molecule has 7 nitrogen and oxygen atoms in total. The van der Waals surface area contributed by atoms with Gasteiger partial charge in [0, 0.05) is 5.69 Å². The fraction of sp³-hybridized carbons (Fsp3) is 0.136. The number of sulfonamides is 1. The molecular formula is C22H21ClN2O5S. The van der Waals surface area contributed by atoms with Crippen molar-refractivity contribution in [3.8, 4) is 17.2 Å². The minimum Gasteiger partial charge on any atom is -0.495 e. The summed E-state index contributed by atoms with van der Waals surface area (Å²) in [5.74, 6) is 1.15. The monoisotopic (exact) mass is 460 g/mol.